The highest BCUT2D eigenvalue weighted by atomic mass is 32.2. The van der Waals surface area contributed by atoms with E-state index in [1.807, 2.05) is 63.2 Å². The second-order valence-corrected chi connectivity index (χ2v) is 8.89. The number of thioether (sulfide) groups is 1. The van der Waals surface area contributed by atoms with Crippen LogP contribution in [0.15, 0.2) is 54.6 Å². The summed E-state index contributed by atoms with van der Waals surface area (Å²) in [6, 6.07) is 17.6. The molecule has 2 rings (SSSR count). The van der Waals surface area contributed by atoms with Gasteiger partial charge in [-0.15, -0.1) is 11.8 Å². The molecule has 0 saturated carbocycles. The molecule has 6 heteroatoms. The van der Waals surface area contributed by atoms with Gasteiger partial charge in [-0.1, -0.05) is 56.3 Å². The van der Waals surface area contributed by atoms with Crippen LogP contribution in [0.2, 0.25) is 0 Å². The Balaban J connectivity index is 2.04. The smallest absolute Gasteiger partial charge is 0.243 e. The first-order valence-electron chi connectivity index (χ1n) is 11.3. The molecule has 5 nitrogen and oxygen atoms in total. The first kappa shape index (κ1) is 25.8. The molecule has 0 bridgehead atoms. The lowest BCUT2D eigenvalue weighted by molar-refractivity contribution is -0.139. The minimum absolute atomic E-state index is 0.00518. The van der Waals surface area contributed by atoms with Crippen LogP contribution < -0.4 is 10.1 Å². The molecule has 2 amide bonds. The molecule has 174 valence electrons. The topological polar surface area (TPSA) is 58.6 Å². The molecule has 0 fully saturated rings. The van der Waals surface area contributed by atoms with E-state index in [9.17, 15) is 9.59 Å². The van der Waals surface area contributed by atoms with Crippen LogP contribution in [-0.4, -0.2) is 48.2 Å². The number of hydrogen-bond donors (Lipinski definition) is 1. The lowest BCUT2D eigenvalue weighted by Gasteiger charge is -2.31. The van der Waals surface area contributed by atoms with Gasteiger partial charge in [0.1, 0.15) is 11.8 Å². The van der Waals surface area contributed by atoms with Crippen molar-refractivity contribution in [1.29, 1.82) is 0 Å². The van der Waals surface area contributed by atoms with Gasteiger partial charge in [-0.25, -0.2) is 0 Å². The van der Waals surface area contributed by atoms with Crippen molar-refractivity contribution in [3.05, 3.63) is 65.7 Å². The fourth-order valence-corrected chi connectivity index (χ4v) is 4.27. The van der Waals surface area contributed by atoms with Crippen molar-refractivity contribution in [3.8, 4) is 5.75 Å². The Hall–Kier alpha value is -2.47. The van der Waals surface area contributed by atoms with Gasteiger partial charge < -0.3 is 15.0 Å². The number of carbonyl (C=O) groups excluding carboxylic acids is 2. The molecule has 2 atom stereocenters. The number of ether oxygens (including phenoxy) is 1. The zero-order valence-corrected chi connectivity index (χ0v) is 20.5. The second kappa shape index (κ2) is 13.8. The fraction of sp³-hybridized carbons (Fsp3) is 0.462. The monoisotopic (exact) mass is 456 g/mol. The quantitative estimate of drug-likeness (QED) is 0.475. The Kier molecular flexibility index (Phi) is 11.2. The summed E-state index contributed by atoms with van der Waals surface area (Å²) in [4.78, 5) is 27.9. The molecule has 2 aromatic carbocycles. The van der Waals surface area contributed by atoms with Gasteiger partial charge in [0, 0.05) is 18.3 Å². The molecule has 1 N–H and O–H groups in total. The van der Waals surface area contributed by atoms with Crippen LogP contribution in [0.25, 0.3) is 0 Å². The molecule has 0 aliphatic rings. The third-order valence-corrected chi connectivity index (χ3v) is 6.51. The van der Waals surface area contributed by atoms with Gasteiger partial charge in [0.25, 0.3) is 0 Å². The number of nitrogens with one attached hydrogen (secondary N) is 1. The molecule has 0 aromatic heterocycles. The molecule has 0 saturated heterocycles. The lowest BCUT2D eigenvalue weighted by atomic mass is 10.1. The SMILES string of the molecule is CCC(C)NC(=O)C(CC)N(CCc1ccccc1)C(=O)CSCc1ccc(OC)cc1. The zero-order valence-electron chi connectivity index (χ0n) is 19.7. The number of rotatable bonds is 13. The van der Waals surface area contributed by atoms with Crippen LogP contribution in [0.3, 0.4) is 0 Å². The van der Waals surface area contributed by atoms with Gasteiger partial charge >= 0.3 is 0 Å². The van der Waals surface area contributed by atoms with E-state index in [1.165, 1.54) is 0 Å². The van der Waals surface area contributed by atoms with Gasteiger partial charge in [-0.3, -0.25) is 9.59 Å². The highest BCUT2D eigenvalue weighted by Crippen LogP contribution is 2.18. The van der Waals surface area contributed by atoms with Crippen molar-refractivity contribution in [2.75, 3.05) is 19.4 Å². The summed E-state index contributed by atoms with van der Waals surface area (Å²) in [5.74, 6) is 1.83. The van der Waals surface area contributed by atoms with Crippen LogP contribution in [0.4, 0.5) is 0 Å². The predicted octanol–water partition coefficient (Wildman–Crippen LogP) is 4.69. The summed E-state index contributed by atoms with van der Waals surface area (Å²) in [6.07, 6.45) is 2.17. The Morgan fingerprint density at radius 3 is 2.28 bits per heavy atom. The fourth-order valence-electron chi connectivity index (χ4n) is 3.40. The van der Waals surface area contributed by atoms with Crippen LogP contribution in [0.5, 0.6) is 5.75 Å². The highest BCUT2D eigenvalue weighted by Gasteiger charge is 2.28. The molecule has 32 heavy (non-hydrogen) atoms. The molecular weight excluding hydrogens is 420 g/mol. The molecule has 0 heterocycles. The summed E-state index contributed by atoms with van der Waals surface area (Å²) in [5, 5.41) is 3.06. The van der Waals surface area contributed by atoms with Gasteiger partial charge in [0.05, 0.1) is 12.9 Å². The number of amides is 2. The number of methoxy groups -OCH3 is 1. The van der Waals surface area contributed by atoms with Gasteiger partial charge in [-0.2, -0.15) is 0 Å². The Bertz CT molecular complexity index is 827. The minimum atomic E-state index is -0.457. The number of nitrogens with zero attached hydrogens (tertiary/aromatic N) is 1. The maximum absolute atomic E-state index is 13.2. The highest BCUT2D eigenvalue weighted by molar-refractivity contribution is 7.99. The van der Waals surface area contributed by atoms with E-state index in [-0.39, 0.29) is 17.9 Å². The van der Waals surface area contributed by atoms with Gasteiger partial charge in [-0.05, 0) is 49.4 Å². The lowest BCUT2D eigenvalue weighted by Crippen LogP contribution is -2.52. The maximum atomic E-state index is 13.2. The molecule has 0 aliphatic heterocycles. The molecule has 0 radical (unpaired) electrons. The summed E-state index contributed by atoms with van der Waals surface area (Å²) in [7, 11) is 1.65. The normalized spacial score (nSPS) is 12.6. The van der Waals surface area contributed by atoms with E-state index in [4.69, 9.17) is 4.74 Å². The third kappa shape index (κ3) is 8.23. The van der Waals surface area contributed by atoms with Crippen molar-refractivity contribution in [3.63, 3.8) is 0 Å². The summed E-state index contributed by atoms with van der Waals surface area (Å²) >= 11 is 1.57. The van der Waals surface area contributed by atoms with Crippen LogP contribution >= 0.6 is 11.8 Å². The number of carbonyl (C=O) groups is 2. The first-order valence-corrected chi connectivity index (χ1v) is 12.5. The third-order valence-electron chi connectivity index (χ3n) is 5.52. The van der Waals surface area contributed by atoms with E-state index >= 15 is 0 Å². The summed E-state index contributed by atoms with van der Waals surface area (Å²) < 4.78 is 5.20. The second-order valence-electron chi connectivity index (χ2n) is 7.91. The molecule has 0 spiro atoms. The van der Waals surface area contributed by atoms with Crippen molar-refractivity contribution < 1.29 is 14.3 Å². The zero-order chi connectivity index (χ0) is 23.3. The van der Waals surface area contributed by atoms with Crippen molar-refractivity contribution >= 4 is 23.6 Å². The van der Waals surface area contributed by atoms with Crippen molar-refractivity contribution in [1.82, 2.24) is 10.2 Å². The number of benzene rings is 2. The van der Waals surface area contributed by atoms with E-state index in [0.29, 0.717) is 18.7 Å². The van der Waals surface area contributed by atoms with Crippen LogP contribution in [-0.2, 0) is 21.8 Å². The van der Waals surface area contributed by atoms with E-state index in [2.05, 4.69) is 17.4 Å². The average molecular weight is 457 g/mol. The number of hydrogen-bond acceptors (Lipinski definition) is 4. The van der Waals surface area contributed by atoms with Crippen molar-refractivity contribution in [2.45, 2.75) is 57.9 Å². The summed E-state index contributed by atoms with van der Waals surface area (Å²) in [5.41, 5.74) is 2.30. The minimum Gasteiger partial charge on any atom is -0.497 e. The largest absolute Gasteiger partial charge is 0.497 e. The van der Waals surface area contributed by atoms with Crippen LogP contribution in [0, 0.1) is 0 Å². The maximum Gasteiger partial charge on any atom is 0.243 e. The Labute approximate surface area is 196 Å². The van der Waals surface area contributed by atoms with Crippen molar-refractivity contribution in [2.24, 2.45) is 0 Å². The summed E-state index contributed by atoms with van der Waals surface area (Å²) in [6.45, 7) is 6.53. The van der Waals surface area contributed by atoms with Gasteiger partial charge in [0.15, 0.2) is 0 Å². The standard InChI is InChI=1S/C26H36N2O3S/c1-5-20(3)27-26(30)24(6-2)28(17-16-21-10-8-7-9-11-21)25(29)19-32-18-22-12-14-23(31-4)15-13-22/h7-15,20,24H,5-6,16-19H2,1-4H3,(H,27,30). The Morgan fingerprint density at radius 2 is 1.69 bits per heavy atom. The van der Waals surface area contributed by atoms with Gasteiger partial charge in [0.2, 0.25) is 11.8 Å². The molecule has 0 aliphatic carbocycles. The molecule has 2 aromatic rings. The Morgan fingerprint density at radius 1 is 1.00 bits per heavy atom. The van der Waals surface area contributed by atoms with E-state index in [1.54, 1.807) is 23.8 Å². The van der Waals surface area contributed by atoms with E-state index in [0.717, 1.165) is 35.5 Å². The molecular formula is C26H36N2O3S. The first-order chi connectivity index (χ1) is 15.5. The molecule has 2 unspecified atom stereocenters. The van der Waals surface area contributed by atoms with E-state index < -0.39 is 6.04 Å². The average Bonchev–Trinajstić information content (AvgIpc) is 2.82. The predicted molar refractivity (Wildman–Crippen MR) is 133 cm³/mol. The van der Waals surface area contributed by atoms with Crippen LogP contribution in [0.1, 0.15) is 44.7 Å².